The number of likely N-dealkylation sites (tertiary alicyclic amines) is 1. The summed E-state index contributed by atoms with van der Waals surface area (Å²) in [6.45, 7) is 1.69. The second-order valence-electron chi connectivity index (χ2n) is 8.90. The van der Waals surface area contributed by atoms with Crippen molar-refractivity contribution in [2.75, 3.05) is 18.8 Å². The summed E-state index contributed by atoms with van der Waals surface area (Å²) in [6.07, 6.45) is -1.49. The third kappa shape index (κ3) is 3.79. The average Bonchev–Trinajstić information content (AvgIpc) is 3.18. The van der Waals surface area contributed by atoms with Gasteiger partial charge in [-0.1, -0.05) is 0 Å². The van der Waals surface area contributed by atoms with Gasteiger partial charge in [0.15, 0.2) is 0 Å². The summed E-state index contributed by atoms with van der Waals surface area (Å²) in [5.74, 6) is 0.388. The van der Waals surface area contributed by atoms with E-state index >= 15 is 0 Å². The van der Waals surface area contributed by atoms with Crippen LogP contribution in [0.5, 0.6) is 0 Å². The molecule has 2 N–H and O–H groups in total. The van der Waals surface area contributed by atoms with Crippen LogP contribution in [0.25, 0.3) is 11.3 Å². The van der Waals surface area contributed by atoms with Gasteiger partial charge in [0.25, 0.3) is 6.43 Å². The molecule has 0 aromatic carbocycles. The highest BCUT2D eigenvalue weighted by molar-refractivity contribution is 5.63. The molecule has 5 nitrogen and oxygen atoms in total. The Labute approximate surface area is 176 Å². The number of fused-ring (bicyclic) bond motifs is 1. The lowest BCUT2D eigenvalue weighted by Crippen LogP contribution is -2.31. The summed E-state index contributed by atoms with van der Waals surface area (Å²) in [7, 11) is 0. The van der Waals surface area contributed by atoms with Crippen molar-refractivity contribution >= 4 is 5.82 Å². The van der Waals surface area contributed by atoms with E-state index in [4.69, 9.17) is 5.73 Å². The third-order valence-electron chi connectivity index (χ3n) is 7.06. The Hall–Kier alpha value is -2.23. The van der Waals surface area contributed by atoms with Crippen LogP contribution in [0.15, 0.2) is 18.3 Å². The Bertz CT molecular complexity index is 954. The summed E-state index contributed by atoms with van der Waals surface area (Å²) in [6, 6.07) is 3.11. The highest BCUT2D eigenvalue weighted by atomic mass is 19.4. The first-order chi connectivity index (χ1) is 14.7. The molecule has 3 fully saturated rings. The van der Waals surface area contributed by atoms with E-state index in [1.54, 1.807) is 6.07 Å². The minimum atomic E-state index is -4.65. The quantitative estimate of drug-likeness (QED) is 0.699. The molecule has 3 heterocycles. The monoisotopic (exact) mass is 441 g/mol. The van der Waals surface area contributed by atoms with Crippen LogP contribution < -0.4 is 5.73 Å². The summed E-state index contributed by atoms with van der Waals surface area (Å²) < 4.78 is 67.3. The molecule has 2 aromatic heterocycles. The van der Waals surface area contributed by atoms with E-state index < -0.39 is 30.5 Å². The van der Waals surface area contributed by atoms with Gasteiger partial charge in [-0.25, -0.2) is 13.8 Å². The van der Waals surface area contributed by atoms with Crippen LogP contribution in [0.1, 0.15) is 42.9 Å². The Balaban J connectivity index is 1.41. The number of alkyl halides is 5. The maximum atomic E-state index is 13.2. The van der Waals surface area contributed by atoms with E-state index in [2.05, 4.69) is 15.0 Å². The normalized spacial score (nSPS) is 28.5. The average molecular weight is 441 g/mol. The minimum absolute atomic E-state index is 0.122. The van der Waals surface area contributed by atoms with Gasteiger partial charge in [-0.3, -0.25) is 4.68 Å². The Kier molecular flexibility index (Phi) is 4.95. The number of nitrogens with two attached hydrogens (primary N) is 1. The number of aromatic nitrogens is 3. The van der Waals surface area contributed by atoms with Gasteiger partial charge in [-0.2, -0.15) is 18.3 Å². The van der Waals surface area contributed by atoms with Crippen LogP contribution in [-0.4, -0.2) is 45.2 Å². The lowest BCUT2D eigenvalue weighted by Gasteiger charge is -2.25. The highest BCUT2D eigenvalue weighted by Crippen LogP contribution is 2.64. The molecule has 2 aromatic rings. The first-order valence-corrected chi connectivity index (χ1v) is 10.7. The summed E-state index contributed by atoms with van der Waals surface area (Å²) >= 11 is 0. The predicted molar refractivity (Wildman–Crippen MR) is 104 cm³/mol. The van der Waals surface area contributed by atoms with Crippen LogP contribution in [0.4, 0.5) is 27.8 Å². The number of rotatable bonds is 5. The second kappa shape index (κ2) is 7.43. The van der Waals surface area contributed by atoms with Crippen molar-refractivity contribution in [3.8, 4) is 11.3 Å². The van der Waals surface area contributed by atoms with Gasteiger partial charge in [-0.05, 0) is 62.7 Å². The predicted octanol–water partition coefficient (Wildman–Crippen LogP) is 4.40. The standard InChI is InChI=1S/C21H24F5N5/c22-18(23)10-31-17(19-13-6-12(7-14(13)19)30-3-1-2-4-30)8-16(29-31)11-5-15(21(24,25)26)20(27)28-9-11/h5,8-9,12-14,18-19H,1-4,6-7,10H2,(H2,27,28)/t12-,13-,14+,19+. The summed E-state index contributed by atoms with van der Waals surface area (Å²) in [5, 5.41) is 4.24. The fourth-order valence-corrected chi connectivity index (χ4v) is 5.62. The number of nitrogens with zero attached hydrogens (tertiary/aromatic N) is 4. The molecule has 2 aliphatic carbocycles. The van der Waals surface area contributed by atoms with Gasteiger partial charge in [-0.15, -0.1) is 0 Å². The van der Waals surface area contributed by atoms with Crippen molar-refractivity contribution in [3.63, 3.8) is 0 Å². The molecule has 5 rings (SSSR count). The molecule has 2 saturated carbocycles. The van der Waals surface area contributed by atoms with Crippen LogP contribution in [-0.2, 0) is 12.7 Å². The summed E-state index contributed by atoms with van der Waals surface area (Å²) in [4.78, 5) is 6.18. The zero-order valence-electron chi connectivity index (χ0n) is 16.8. The Morgan fingerprint density at radius 1 is 1.10 bits per heavy atom. The van der Waals surface area contributed by atoms with Gasteiger partial charge in [0.05, 0.1) is 11.3 Å². The number of halogens is 5. The smallest absolute Gasteiger partial charge is 0.383 e. The first kappa shape index (κ1) is 20.7. The van der Waals surface area contributed by atoms with Crippen molar-refractivity contribution in [3.05, 3.63) is 29.6 Å². The van der Waals surface area contributed by atoms with Gasteiger partial charge in [0.1, 0.15) is 12.4 Å². The topological polar surface area (TPSA) is 60.0 Å². The molecule has 0 bridgehead atoms. The van der Waals surface area contributed by atoms with Crippen molar-refractivity contribution in [1.29, 1.82) is 0 Å². The molecule has 0 radical (unpaired) electrons. The number of hydrogen-bond acceptors (Lipinski definition) is 4. The molecule has 0 unspecified atom stereocenters. The number of hydrogen-bond donors (Lipinski definition) is 1. The zero-order valence-corrected chi connectivity index (χ0v) is 16.8. The molecule has 0 amide bonds. The van der Waals surface area contributed by atoms with Gasteiger partial charge in [0, 0.05) is 29.4 Å². The van der Waals surface area contributed by atoms with Crippen molar-refractivity contribution in [2.45, 2.75) is 56.8 Å². The third-order valence-corrected chi connectivity index (χ3v) is 7.06. The molecule has 1 aliphatic heterocycles. The van der Waals surface area contributed by atoms with Gasteiger partial charge < -0.3 is 10.6 Å². The van der Waals surface area contributed by atoms with E-state index in [1.165, 1.54) is 23.7 Å². The molecular formula is C21H24F5N5. The molecule has 1 saturated heterocycles. The maximum Gasteiger partial charge on any atom is 0.419 e. The Morgan fingerprint density at radius 2 is 1.77 bits per heavy atom. The lowest BCUT2D eigenvalue weighted by atomic mass is 10.0. The van der Waals surface area contributed by atoms with Gasteiger partial charge >= 0.3 is 6.18 Å². The molecule has 168 valence electrons. The van der Waals surface area contributed by atoms with Gasteiger partial charge in [0.2, 0.25) is 0 Å². The maximum absolute atomic E-state index is 13.2. The highest BCUT2D eigenvalue weighted by Gasteiger charge is 2.58. The fourth-order valence-electron chi connectivity index (χ4n) is 5.62. The van der Waals surface area contributed by atoms with E-state index in [9.17, 15) is 22.0 Å². The Morgan fingerprint density at radius 3 is 2.39 bits per heavy atom. The second-order valence-corrected chi connectivity index (χ2v) is 8.90. The molecule has 10 heteroatoms. The van der Waals surface area contributed by atoms with Crippen LogP contribution >= 0.6 is 0 Å². The molecular weight excluding hydrogens is 417 g/mol. The molecule has 3 aliphatic rings. The van der Waals surface area contributed by atoms with Crippen LogP contribution in [0, 0.1) is 11.8 Å². The number of pyridine rings is 1. The van der Waals surface area contributed by atoms with E-state index in [0.29, 0.717) is 23.6 Å². The van der Waals surface area contributed by atoms with Crippen LogP contribution in [0.3, 0.4) is 0 Å². The van der Waals surface area contributed by atoms with E-state index in [0.717, 1.165) is 32.0 Å². The van der Waals surface area contributed by atoms with Crippen molar-refractivity contribution in [1.82, 2.24) is 19.7 Å². The first-order valence-electron chi connectivity index (χ1n) is 10.7. The van der Waals surface area contributed by atoms with Crippen molar-refractivity contribution in [2.24, 2.45) is 11.8 Å². The number of anilines is 1. The summed E-state index contributed by atoms with van der Waals surface area (Å²) in [5.41, 5.74) is 5.36. The minimum Gasteiger partial charge on any atom is -0.383 e. The van der Waals surface area contributed by atoms with E-state index in [1.807, 2.05) is 0 Å². The lowest BCUT2D eigenvalue weighted by molar-refractivity contribution is -0.137. The fraction of sp³-hybridized carbons (Fsp3) is 0.619. The van der Waals surface area contributed by atoms with Crippen LogP contribution in [0.2, 0.25) is 0 Å². The van der Waals surface area contributed by atoms with E-state index in [-0.39, 0.29) is 17.2 Å². The SMILES string of the molecule is Nc1ncc(-c2cc([C@H]3[C@@H]4C[C@@H](N5CCCC5)C[C@@H]43)n(CC(F)F)n2)cc1C(F)(F)F. The molecule has 0 spiro atoms. The van der Waals surface area contributed by atoms with Crippen molar-refractivity contribution < 1.29 is 22.0 Å². The molecule has 4 atom stereocenters. The largest absolute Gasteiger partial charge is 0.419 e. The zero-order chi connectivity index (χ0) is 21.9. The molecule has 31 heavy (non-hydrogen) atoms. The number of nitrogen functional groups attached to an aromatic ring is 1.